The first-order chi connectivity index (χ1) is 12.2. The molecule has 0 unspecified atom stereocenters. The number of nitrogens with one attached hydrogen (secondary N) is 2. The van der Waals surface area contributed by atoms with Crippen LogP contribution in [-0.2, 0) is 20.8 Å². The molecule has 1 aromatic carbocycles. The highest BCUT2D eigenvalue weighted by Gasteiger charge is 2.39. The van der Waals surface area contributed by atoms with Crippen LogP contribution in [0.5, 0.6) is 0 Å². The number of amides is 3. The minimum absolute atomic E-state index is 0.0327. The van der Waals surface area contributed by atoms with Crippen molar-refractivity contribution in [3.63, 3.8) is 0 Å². The molecule has 0 saturated carbocycles. The van der Waals surface area contributed by atoms with Gasteiger partial charge in [-0.15, -0.1) is 0 Å². The molecule has 1 fully saturated rings. The minimum atomic E-state index is -0.665. The standard InChI is InChI=1S/C20H29N3O3/c1-20(2,3)19(26)23-12-8-11-16(23)18(25)22-15(17(24)21-4)13-14-9-6-5-7-10-14/h5-7,9-10,15-16H,8,11-13H2,1-4H3,(H,21,24)(H,22,25)/t15-,16-/m0/s1. The van der Waals surface area contributed by atoms with Gasteiger partial charge in [-0.2, -0.15) is 0 Å². The number of nitrogens with zero attached hydrogens (tertiary/aromatic N) is 1. The van der Waals surface area contributed by atoms with E-state index in [4.69, 9.17) is 0 Å². The SMILES string of the molecule is CNC(=O)[C@H](Cc1ccccc1)NC(=O)[C@@H]1CCCN1C(=O)C(C)(C)C. The topological polar surface area (TPSA) is 78.5 Å². The second-order valence-electron chi connectivity index (χ2n) is 7.77. The molecule has 2 N–H and O–H groups in total. The molecular weight excluding hydrogens is 330 g/mol. The zero-order valence-electron chi connectivity index (χ0n) is 16.0. The van der Waals surface area contributed by atoms with E-state index in [1.807, 2.05) is 51.1 Å². The number of likely N-dealkylation sites (N-methyl/N-ethyl adjacent to an activating group) is 1. The van der Waals surface area contributed by atoms with E-state index < -0.39 is 17.5 Å². The molecular formula is C20H29N3O3. The zero-order chi connectivity index (χ0) is 19.3. The van der Waals surface area contributed by atoms with Crippen LogP contribution in [0.2, 0.25) is 0 Å². The van der Waals surface area contributed by atoms with Crippen LogP contribution in [0.3, 0.4) is 0 Å². The van der Waals surface area contributed by atoms with Gasteiger partial charge in [0.2, 0.25) is 17.7 Å². The smallest absolute Gasteiger partial charge is 0.243 e. The fourth-order valence-corrected chi connectivity index (χ4v) is 3.21. The Morgan fingerprint density at radius 2 is 1.85 bits per heavy atom. The Morgan fingerprint density at radius 3 is 2.42 bits per heavy atom. The molecule has 1 aliphatic heterocycles. The van der Waals surface area contributed by atoms with Gasteiger partial charge in [-0.1, -0.05) is 51.1 Å². The van der Waals surface area contributed by atoms with Crippen LogP contribution >= 0.6 is 0 Å². The van der Waals surface area contributed by atoms with E-state index in [0.29, 0.717) is 19.4 Å². The van der Waals surface area contributed by atoms with E-state index in [0.717, 1.165) is 12.0 Å². The van der Waals surface area contributed by atoms with Crippen molar-refractivity contribution in [2.45, 2.75) is 52.1 Å². The van der Waals surface area contributed by atoms with Gasteiger partial charge in [0.05, 0.1) is 0 Å². The maximum absolute atomic E-state index is 12.8. The zero-order valence-corrected chi connectivity index (χ0v) is 16.0. The summed E-state index contributed by atoms with van der Waals surface area (Å²) in [6, 6.07) is 8.38. The molecule has 6 nitrogen and oxygen atoms in total. The highest BCUT2D eigenvalue weighted by atomic mass is 16.2. The Balaban J connectivity index is 2.10. The molecule has 142 valence electrons. The molecule has 1 heterocycles. The van der Waals surface area contributed by atoms with Gasteiger partial charge in [-0.05, 0) is 18.4 Å². The summed E-state index contributed by atoms with van der Waals surface area (Å²) in [5, 5.41) is 5.45. The van der Waals surface area contributed by atoms with Crippen LogP contribution in [0.1, 0.15) is 39.2 Å². The molecule has 3 amide bonds. The third-order valence-electron chi connectivity index (χ3n) is 4.62. The molecule has 0 aliphatic carbocycles. The number of likely N-dealkylation sites (tertiary alicyclic amines) is 1. The number of hydrogen-bond acceptors (Lipinski definition) is 3. The maximum Gasteiger partial charge on any atom is 0.243 e. The van der Waals surface area contributed by atoms with Crippen LogP contribution < -0.4 is 10.6 Å². The second-order valence-corrected chi connectivity index (χ2v) is 7.77. The number of carbonyl (C=O) groups is 3. The summed E-state index contributed by atoms with van der Waals surface area (Å²) in [5.74, 6) is -0.534. The fraction of sp³-hybridized carbons (Fsp3) is 0.550. The quantitative estimate of drug-likeness (QED) is 0.836. The molecule has 0 spiro atoms. The van der Waals surface area contributed by atoms with Crippen molar-refractivity contribution < 1.29 is 14.4 Å². The van der Waals surface area contributed by atoms with Crippen molar-refractivity contribution in [1.29, 1.82) is 0 Å². The van der Waals surface area contributed by atoms with Crippen molar-refractivity contribution in [1.82, 2.24) is 15.5 Å². The summed E-state index contributed by atoms with van der Waals surface area (Å²) in [4.78, 5) is 39.3. The van der Waals surface area contributed by atoms with Crippen molar-refractivity contribution >= 4 is 17.7 Å². The molecule has 1 aliphatic rings. The van der Waals surface area contributed by atoms with Gasteiger partial charge in [0.15, 0.2) is 0 Å². The second kappa shape index (κ2) is 8.34. The van der Waals surface area contributed by atoms with Crippen molar-refractivity contribution in [2.75, 3.05) is 13.6 Å². The van der Waals surface area contributed by atoms with Gasteiger partial charge in [-0.25, -0.2) is 0 Å². The predicted octanol–water partition coefficient (Wildman–Crippen LogP) is 1.50. The third-order valence-corrected chi connectivity index (χ3v) is 4.62. The van der Waals surface area contributed by atoms with Crippen LogP contribution in [0.25, 0.3) is 0 Å². The van der Waals surface area contributed by atoms with E-state index in [-0.39, 0.29) is 17.7 Å². The van der Waals surface area contributed by atoms with E-state index in [2.05, 4.69) is 10.6 Å². The Labute approximate surface area is 155 Å². The normalized spacial score (nSPS) is 18.3. The Bertz CT molecular complexity index is 652. The molecule has 2 atom stereocenters. The van der Waals surface area contributed by atoms with Gasteiger partial charge in [-0.3, -0.25) is 14.4 Å². The molecule has 0 radical (unpaired) electrons. The average molecular weight is 359 g/mol. The Morgan fingerprint density at radius 1 is 1.19 bits per heavy atom. The molecule has 2 rings (SSSR count). The molecule has 1 saturated heterocycles. The summed E-state index contributed by atoms with van der Waals surface area (Å²) in [6.07, 6.45) is 1.83. The van der Waals surface area contributed by atoms with Gasteiger partial charge >= 0.3 is 0 Å². The summed E-state index contributed by atoms with van der Waals surface area (Å²) < 4.78 is 0. The van der Waals surface area contributed by atoms with Gasteiger partial charge in [0.25, 0.3) is 0 Å². The lowest BCUT2D eigenvalue weighted by atomic mass is 9.94. The summed E-state index contributed by atoms with van der Waals surface area (Å²) in [6.45, 7) is 6.14. The average Bonchev–Trinajstić information content (AvgIpc) is 3.09. The fourth-order valence-electron chi connectivity index (χ4n) is 3.21. The molecule has 0 bridgehead atoms. The first-order valence-electron chi connectivity index (χ1n) is 9.11. The Kier molecular flexibility index (Phi) is 6.40. The van der Waals surface area contributed by atoms with Gasteiger partial charge < -0.3 is 15.5 Å². The van der Waals surface area contributed by atoms with Gasteiger partial charge in [0.1, 0.15) is 12.1 Å². The number of carbonyl (C=O) groups excluding carboxylic acids is 3. The van der Waals surface area contributed by atoms with Crippen molar-refractivity contribution in [2.24, 2.45) is 5.41 Å². The van der Waals surface area contributed by atoms with Crippen LogP contribution in [0, 0.1) is 5.41 Å². The van der Waals surface area contributed by atoms with E-state index in [1.54, 1.807) is 11.9 Å². The van der Waals surface area contributed by atoms with Crippen LogP contribution in [-0.4, -0.2) is 48.3 Å². The lowest BCUT2D eigenvalue weighted by Crippen LogP contribution is -2.54. The van der Waals surface area contributed by atoms with Crippen molar-refractivity contribution in [3.05, 3.63) is 35.9 Å². The van der Waals surface area contributed by atoms with Crippen LogP contribution in [0.15, 0.2) is 30.3 Å². The molecule has 6 heteroatoms. The third kappa shape index (κ3) is 4.84. The summed E-state index contributed by atoms with van der Waals surface area (Å²) >= 11 is 0. The molecule has 0 aromatic heterocycles. The number of hydrogen-bond donors (Lipinski definition) is 2. The first-order valence-corrected chi connectivity index (χ1v) is 9.11. The maximum atomic E-state index is 12.8. The first kappa shape index (κ1) is 19.9. The number of benzene rings is 1. The summed E-state index contributed by atoms with van der Waals surface area (Å²) in [7, 11) is 1.55. The van der Waals surface area contributed by atoms with E-state index in [1.165, 1.54) is 0 Å². The van der Waals surface area contributed by atoms with Gasteiger partial charge in [0, 0.05) is 25.4 Å². The van der Waals surface area contributed by atoms with E-state index >= 15 is 0 Å². The largest absolute Gasteiger partial charge is 0.357 e. The minimum Gasteiger partial charge on any atom is -0.357 e. The van der Waals surface area contributed by atoms with Crippen LogP contribution in [0.4, 0.5) is 0 Å². The summed E-state index contributed by atoms with van der Waals surface area (Å²) in [5.41, 5.74) is 0.433. The molecule has 26 heavy (non-hydrogen) atoms. The predicted molar refractivity (Wildman–Crippen MR) is 100 cm³/mol. The lowest BCUT2D eigenvalue weighted by molar-refractivity contribution is -0.145. The monoisotopic (exact) mass is 359 g/mol. The molecule has 1 aromatic rings. The number of rotatable bonds is 5. The lowest BCUT2D eigenvalue weighted by Gasteiger charge is -2.31. The van der Waals surface area contributed by atoms with Crippen molar-refractivity contribution in [3.8, 4) is 0 Å². The Hall–Kier alpha value is -2.37. The highest BCUT2D eigenvalue weighted by molar-refractivity contribution is 5.93. The van der Waals surface area contributed by atoms with E-state index in [9.17, 15) is 14.4 Å². The highest BCUT2D eigenvalue weighted by Crippen LogP contribution is 2.25.